The van der Waals surface area contributed by atoms with E-state index in [0.29, 0.717) is 16.9 Å². The van der Waals surface area contributed by atoms with Gasteiger partial charge in [0.2, 0.25) is 5.91 Å². The van der Waals surface area contributed by atoms with Gasteiger partial charge in [-0.15, -0.1) is 0 Å². The molecule has 1 aromatic carbocycles. The first kappa shape index (κ1) is 17.7. The van der Waals surface area contributed by atoms with Crippen molar-refractivity contribution in [1.29, 1.82) is 0 Å². The molecule has 2 aromatic heterocycles. The highest BCUT2D eigenvalue weighted by atomic mass is 16.4. The van der Waals surface area contributed by atoms with Gasteiger partial charge in [-0.25, -0.2) is 9.78 Å². The van der Waals surface area contributed by atoms with Crippen LogP contribution in [-0.4, -0.2) is 45.4 Å². The monoisotopic (exact) mass is 351 g/mol. The number of carbonyl (C=O) groups is 2. The number of carbonyl (C=O) groups excluding carboxylic acids is 1. The molecule has 0 saturated heterocycles. The van der Waals surface area contributed by atoms with Crippen molar-refractivity contribution in [3.05, 3.63) is 58.9 Å². The van der Waals surface area contributed by atoms with Gasteiger partial charge in [0.25, 0.3) is 0 Å². The van der Waals surface area contributed by atoms with Crippen LogP contribution in [0, 0.1) is 13.8 Å². The van der Waals surface area contributed by atoms with Crippen LogP contribution < -0.4 is 0 Å². The van der Waals surface area contributed by atoms with Crippen LogP contribution >= 0.6 is 0 Å². The van der Waals surface area contributed by atoms with Gasteiger partial charge in [0.1, 0.15) is 5.65 Å². The first-order valence-electron chi connectivity index (χ1n) is 8.30. The molecule has 0 aliphatic carbocycles. The third-order valence-corrected chi connectivity index (χ3v) is 4.43. The van der Waals surface area contributed by atoms with Crippen molar-refractivity contribution in [2.24, 2.45) is 0 Å². The Kier molecular flexibility index (Phi) is 4.50. The van der Waals surface area contributed by atoms with Gasteiger partial charge >= 0.3 is 5.97 Å². The molecule has 6 nitrogen and oxygen atoms in total. The third kappa shape index (κ3) is 3.18. The number of fused-ring (bicyclic) bond motifs is 1. The quantitative estimate of drug-likeness (QED) is 0.784. The highest BCUT2D eigenvalue weighted by Crippen LogP contribution is 2.27. The number of nitrogens with zero attached hydrogens (tertiary/aromatic N) is 3. The number of amides is 1. The van der Waals surface area contributed by atoms with E-state index in [-0.39, 0.29) is 17.9 Å². The number of aromatic nitrogens is 2. The molecule has 134 valence electrons. The van der Waals surface area contributed by atoms with E-state index in [0.717, 1.165) is 16.8 Å². The molecule has 6 heteroatoms. The lowest BCUT2D eigenvalue weighted by Crippen LogP contribution is -2.24. The van der Waals surface area contributed by atoms with E-state index in [4.69, 9.17) is 0 Å². The molecule has 2 heterocycles. The Morgan fingerprint density at radius 2 is 1.81 bits per heavy atom. The lowest BCUT2D eigenvalue weighted by Gasteiger charge is -2.12. The van der Waals surface area contributed by atoms with E-state index >= 15 is 0 Å². The van der Waals surface area contributed by atoms with Gasteiger partial charge in [0, 0.05) is 25.9 Å². The molecule has 26 heavy (non-hydrogen) atoms. The lowest BCUT2D eigenvalue weighted by atomic mass is 10.1. The van der Waals surface area contributed by atoms with E-state index in [1.165, 1.54) is 4.90 Å². The number of rotatable bonds is 4. The number of likely N-dealkylation sites (N-methyl/N-ethyl adjacent to an activating group) is 1. The number of carboxylic acid groups (broad SMARTS) is 1. The molecule has 0 spiro atoms. The number of hydrogen-bond donors (Lipinski definition) is 1. The molecule has 0 saturated carbocycles. The molecule has 0 unspecified atom stereocenters. The molecule has 1 amide bonds. The molecule has 0 fully saturated rings. The number of benzene rings is 1. The smallest absolute Gasteiger partial charge is 0.336 e. The van der Waals surface area contributed by atoms with Crippen LogP contribution in [0.2, 0.25) is 0 Å². The zero-order valence-corrected chi connectivity index (χ0v) is 15.3. The fourth-order valence-electron chi connectivity index (χ4n) is 2.88. The first-order chi connectivity index (χ1) is 12.3. The van der Waals surface area contributed by atoms with Gasteiger partial charge in [0.15, 0.2) is 0 Å². The minimum Gasteiger partial charge on any atom is -0.478 e. The third-order valence-electron chi connectivity index (χ3n) is 4.43. The number of pyridine rings is 1. The summed E-state index contributed by atoms with van der Waals surface area (Å²) in [6.07, 6.45) is 1.92. The molecule has 3 aromatic rings. The fourth-order valence-corrected chi connectivity index (χ4v) is 2.88. The molecule has 0 radical (unpaired) electrons. The largest absolute Gasteiger partial charge is 0.478 e. The maximum absolute atomic E-state index is 12.3. The summed E-state index contributed by atoms with van der Waals surface area (Å²) < 4.78 is 1.82. The second kappa shape index (κ2) is 6.63. The lowest BCUT2D eigenvalue weighted by molar-refractivity contribution is -0.128. The van der Waals surface area contributed by atoms with E-state index in [9.17, 15) is 14.7 Å². The molecule has 3 rings (SSSR count). The number of aromatic carboxylic acids is 1. The van der Waals surface area contributed by atoms with Crippen LogP contribution in [0.25, 0.3) is 16.9 Å². The van der Waals surface area contributed by atoms with Crippen LogP contribution in [0.3, 0.4) is 0 Å². The minimum atomic E-state index is -0.990. The second-order valence-electron chi connectivity index (χ2n) is 6.64. The van der Waals surface area contributed by atoms with Gasteiger partial charge in [-0.05, 0) is 25.5 Å². The highest BCUT2D eigenvalue weighted by molar-refractivity contribution is 5.91. The van der Waals surface area contributed by atoms with Crippen molar-refractivity contribution >= 4 is 17.5 Å². The van der Waals surface area contributed by atoms with E-state index in [2.05, 4.69) is 4.98 Å². The van der Waals surface area contributed by atoms with Gasteiger partial charge in [0.05, 0.1) is 23.4 Å². The molecular weight excluding hydrogens is 330 g/mol. The average molecular weight is 351 g/mol. The van der Waals surface area contributed by atoms with Gasteiger partial charge in [-0.3, -0.25) is 4.79 Å². The van der Waals surface area contributed by atoms with Crippen LogP contribution in [0.15, 0.2) is 36.5 Å². The van der Waals surface area contributed by atoms with Crippen molar-refractivity contribution in [2.75, 3.05) is 14.1 Å². The van der Waals surface area contributed by atoms with Crippen molar-refractivity contribution < 1.29 is 14.7 Å². The van der Waals surface area contributed by atoms with Crippen molar-refractivity contribution in [2.45, 2.75) is 20.3 Å². The summed E-state index contributed by atoms with van der Waals surface area (Å²) in [5.41, 5.74) is 4.83. The standard InChI is InChI=1S/C20H21N3O3/c1-12-5-7-14(8-6-12)19-16(10-18(24)22(3)4)23-11-13(2)15(20(25)26)9-17(23)21-19/h5-9,11H,10H2,1-4H3,(H,25,26). The predicted molar refractivity (Wildman–Crippen MR) is 99.5 cm³/mol. The Morgan fingerprint density at radius 1 is 1.15 bits per heavy atom. The highest BCUT2D eigenvalue weighted by Gasteiger charge is 2.20. The number of hydrogen-bond acceptors (Lipinski definition) is 3. The van der Waals surface area contributed by atoms with Crippen molar-refractivity contribution in [1.82, 2.24) is 14.3 Å². The zero-order valence-electron chi connectivity index (χ0n) is 15.3. The summed E-state index contributed by atoms with van der Waals surface area (Å²) in [5.74, 6) is -1.03. The molecular formula is C20H21N3O3. The van der Waals surface area contributed by atoms with Crippen LogP contribution in [0.1, 0.15) is 27.2 Å². The molecule has 0 aliphatic heterocycles. The summed E-state index contributed by atoms with van der Waals surface area (Å²) in [4.78, 5) is 30.0. The predicted octanol–water partition coefficient (Wildman–Crippen LogP) is 2.95. The van der Waals surface area contributed by atoms with E-state index in [1.54, 1.807) is 33.3 Å². The Hall–Kier alpha value is -3.15. The molecule has 1 N–H and O–H groups in total. The minimum absolute atomic E-state index is 0.0416. The summed E-state index contributed by atoms with van der Waals surface area (Å²) >= 11 is 0. The number of aryl methyl sites for hydroxylation is 2. The van der Waals surface area contributed by atoms with Gasteiger partial charge in [-0.2, -0.15) is 0 Å². The van der Waals surface area contributed by atoms with Crippen LogP contribution in [0.5, 0.6) is 0 Å². The van der Waals surface area contributed by atoms with E-state index < -0.39 is 5.97 Å². The van der Waals surface area contributed by atoms with Crippen molar-refractivity contribution in [3.63, 3.8) is 0 Å². The Morgan fingerprint density at radius 3 is 2.38 bits per heavy atom. The van der Waals surface area contributed by atoms with Gasteiger partial charge in [-0.1, -0.05) is 29.8 Å². The number of imidazole rings is 1. The average Bonchev–Trinajstić information content (AvgIpc) is 2.92. The second-order valence-corrected chi connectivity index (χ2v) is 6.64. The molecule has 0 atom stereocenters. The van der Waals surface area contributed by atoms with E-state index in [1.807, 2.05) is 35.6 Å². The van der Waals surface area contributed by atoms with Crippen LogP contribution in [0.4, 0.5) is 0 Å². The summed E-state index contributed by atoms with van der Waals surface area (Å²) in [6, 6.07) is 9.46. The normalized spacial score (nSPS) is 10.9. The molecule has 0 bridgehead atoms. The number of carboxylic acids is 1. The molecule has 0 aliphatic rings. The Bertz CT molecular complexity index is 1000. The maximum Gasteiger partial charge on any atom is 0.336 e. The Labute approximate surface area is 151 Å². The SMILES string of the molecule is Cc1ccc(-c2nc3cc(C(=O)O)c(C)cn3c2CC(=O)N(C)C)cc1. The maximum atomic E-state index is 12.3. The van der Waals surface area contributed by atoms with Gasteiger partial charge < -0.3 is 14.4 Å². The summed E-state index contributed by atoms with van der Waals surface area (Å²) in [5, 5.41) is 9.37. The summed E-state index contributed by atoms with van der Waals surface area (Å²) in [6.45, 7) is 3.75. The first-order valence-corrected chi connectivity index (χ1v) is 8.30. The zero-order chi connectivity index (χ0) is 19.0. The van der Waals surface area contributed by atoms with Crippen LogP contribution in [-0.2, 0) is 11.2 Å². The summed E-state index contributed by atoms with van der Waals surface area (Å²) in [7, 11) is 3.43. The fraction of sp³-hybridized carbons (Fsp3) is 0.250. The Balaban J connectivity index is 2.25. The topological polar surface area (TPSA) is 74.9 Å². The van der Waals surface area contributed by atoms with Crippen molar-refractivity contribution in [3.8, 4) is 11.3 Å².